The van der Waals surface area contributed by atoms with Crippen molar-refractivity contribution in [3.05, 3.63) is 34.6 Å². The summed E-state index contributed by atoms with van der Waals surface area (Å²) in [6.07, 6.45) is 1.79. The number of rotatable bonds is 4. The van der Waals surface area contributed by atoms with Gasteiger partial charge >= 0.3 is 0 Å². The molecular formula is C10H14ClFN2. The van der Waals surface area contributed by atoms with Gasteiger partial charge in [-0.3, -0.25) is 11.3 Å². The lowest BCUT2D eigenvalue weighted by Crippen LogP contribution is -2.28. The van der Waals surface area contributed by atoms with Crippen LogP contribution in [0.5, 0.6) is 0 Å². The molecule has 0 saturated heterocycles. The average Bonchev–Trinajstić information content (AvgIpc) is 2.19. The Morgan fingerprint density at radius 3 is 2.86 bits per heavy atom. The van der Waals surface area contributed by atoms with E-state index in [1.807, 2.05) is 6.92 Å². The van der Waals surface area contributed by atoms with Gasteiger partial charge in [0.15, 0.2) is 0 Å². The largest absolute Gasteiger partial charge is 0.271 e. The third kappa shape index (κ3) is 2.44. The first-order valence-electron chi connectivity index (χ1n) is 4.60. The number of benzene rings is 1. The molecule has 1 rings (SSSR count). The van der Waals surface area contributed by atoms with E-state index in [0.29, 0.717) is 0 Å². The maximum atomic E-state index is 13.1. The zero-order valence-electron chi connectivity index (χ0n) is 8.06. The van der Waals surface area contributed by atoms with Crippen molar-refractivity contribution < 1.29 is 4.39 Å². The fourth-order valence-corrected chi connectivity index (χ4v) is 1.66. The Balaban J connectivity index is 2.97. The molecular weight excluding hydrogens is 203 g/mol. The number of nitrogens with one attached hydrogen (secondary N) is 1. The number of nitrogens with two attached hydrogens (primary N) is 1. The Kier molecular flexibility index (Phi) is 4.32. The first-order chi connectivity index (χ1) is 6.70. The molecule has 0 aliphatic rings. The predicted molar refractivity (Wildman–Crippen MR) is 56.4 cm³/mol. The van der Waals surface area contributed by atoms with Gasteiger partial charge in [-0.2, -0.15) is 0 Å². The minimum Gasteiger partial charge on any atom is -0.271 e. The molecule has 0 aliphatic carbocycles. The Bertz CT molecular complexity index is 304. The molecule has 78 valence electrons. The molecule has 0 aromatic heterocycles. The van der Waals surface area contributed by atoms with Crippen LogP contribution < -0.4 is 11.3 Å². The standard InChI is InChI=1S/C10H14ClFN2/c1-2-4-9(14-13)7-5-3-6-8(12)10(7)11/h3,5-6,9,14H,2,4,13H2,1H3. The van der Waals surface area contributed by atoms with E-state index in [1.165, 1.54) is 6.07 Å². The van der Waals surface area contributed by atoms with Gasteiger partial charge in [-0.25, -0.2) is 4.39 Å². The molecule has 3 N–H and O–H groups in total. The molecule has 0 radical (unpaired) electrons. The van der Waals surface area contributed by atoms with Crippen molar-refractivity contribution in [2.24, 2.45) is 5.84 Å². The first kappa shape index (κ1) is 11.4. The SMILES string of the molecule is CCCC(NN)c1cccc(F)c1Cl. The highest BCUT2D eigenvalue weighted by molar-refractivity contribution is 6.31. The zero-order valence-corrected chi connectivity index (χ0v) is 8.81. The highest BCUT2D eigenvalue weighted by Crippen LogP contribution is 2.27. The number of hydrogen-bond acceptors (Lipinski definition) is 2. The van der Waals surface area contributed by atoms with Crippen LogP contribution in [0.25, 0.3) is 0 Å². The first-order valence-corrected chi connectivity index (χ1v) is 4.98. The zero-order chi connectivity index (χ0) is 10.6. The van der Waals surface area contributed by atoms with Crippen molar-refractivity contribution in [3.8, 4) is 0 Å². The quantitative estimate of drug-likeness (QED) is 0.600. The van der Waals surface area contributed by atoms with Crippen LogP contribution in [0.1, 0.15) is 31.4 Å². The topological polar surface area (TPSA) is 38.0 Å². The van der Waals surface area contributed by atoms with Gasteiger partial charge in [-0.1, -0.05) is 37.1 Å². The molecule has 0 saturated carbocycles. The summed E-state index contributed by atoms with van der Waals surface area (Å²) in [7, 11) is 0. The molecule has 0 fully saturated rings. The Morgan fingerprint density at radius 1 is 1.57 bits per heavy atom. The molecule has 1 aromatic carbocycles. The minimum atomic E-state index is -0.402. The van der Waals surface area contributed by atoms with Crippen LogP contribution in [0.15, 0.2) is 18.2 Å². The highest BCUT2D eigenvalue weighted by atomic mass is 35.5. The van der Waals surface area contributed by atoms with Gasteiger partial charge in [-0.15, -0.1) is 0 Å². The molecule has 0 spiro atoms. The second kappa shape index (κ2) is 5.29. The van der Waals surface area contributed by atoms with Gasteiger partial charge in [0.25, 0.3) is 0 Å². The second-order valence-corrected chi connectivity index (χ2v) is 3.53. The lowest BCUT2D eigenvalue weighted by molar-refractivity contribution is 0.506. The van der Waals surface area contributed by atoms with Crippen LogP contribution in [-0.2, 0) is 0 Å². The highest BCUT2D eigenvalue weighted by Gasteiger charge is 2.14. The fraction of sp³-hybridized carbons (Fsp3) is 0.400. The van der Waals surface area contributed by atoms with Gasteiger partial charge in [0, 0.05) is 6.04 Å². The van der Waals surface area contributed by atoms with E-state index >= 15 is 0 Å². The maximum absolute atomic E-state index is 13.1. The van der Waals surface area contributed by atoms with E-state index in [4.69, 9.17) is 17.4 Å². The summed E-state index contributed by atoms with van der Waals surface area (Å²) in [5.74, 6) is 4.98. The number of hydrazine groups is 1. The molecule has 0 amide bonds. The average molecular weight is 217 g/mol. The van der Waals surface area contributed by atoms with Crippen LogP contribution in [0.2, 0.25) is 5.02 Å². The summed E-state index contributed by atoms with van der Waals surface area (Å²) < 4.78 is 13.1. The molecule has 0 bridgehead atoms. The summed E-state index contributed by atoms with van der Waals surface area (Å²) in [6, 6.07) is 4.68. The number of hydrogen-bond donors (Lipinski definition) is 2. The van der Waals surface area contributed by atoms with Crippen molar-refractivity contribution in [1.82, 2.24) is 5.43 Å². The van der Waals surface area contributed by atoms with E-state index < -0.39 is 5.82 Å². The smallest absolute Gasteiger partial charge is 0.142 e. The third-order valence-corrected chi connectivity index (χ3v) is 2.53. The predicted octanol–water partition coefficient (Wildman–Crippen LogP) is 2.78. The molecule has 4 heteroatoms. The Labute approximate surface area is 88.2 Å². The van der Waals surface area contributed by atoms with Crippen molar-refractivity contribution in [2.75, 3.05) is 0 Å². The van der Waals surface area contributed by atoms with Gasteiger partial charge < -0.3 is 0 Å². The van der Waals surface area contributed by atoms with Gasteiger partial charge in [-0.05, 0) is 18.1 Å². The van der Waals surface area contributed by atoms with Crippen LogP contribution in [-0.4, -0.2) is 0 Å². The fourth-order valence-electron chi connectivity index (χ4n) is 1.41. The van der Waals surface area contributed by atoms with E-state index in [2.05, 4.69) is 5.43 Å². The Hall–Kier alpha value is -0.640. The van der Waals surface area contributed by atoms with Crippen LogP contribution in [0.4, 0.5) is 4.39 Å². The van der Waals surface area contributed by atoms with Crippen molar-refractivity contribution in [2.45, 2.75) is 25.8 Å². The maximum Gasteiger partial charge on any atom is 0.142 e. The van der Waals surface area contributed by atoms with E-state index in [-0.39, 0.29) is 11.1 Å². The van der Waals surface area contributed by atoms with Crippen LogP contribution >= 0.6 is 11.6 Å². The molecule has 0 heterocycles. The second-order valence-electron chi connectivity index (χ2n) is 3.15. The Morgan fingerprint density at radius 2 is 2.29 bits per heavy atom. The third-order valence-electron chi connectivity index (χ3n) is 2.14. The molecule has 1 aromatic rings. The summed E-state index contributed by atoms with van der Waals surface area (Å²) in [5, 5.41) is 0.156. The molecule has 14 heavy (non-hydrogen) atoms. The van der Waals surface area contributed by atoms with Gasteiger partial charge in [0.1, 0.15) is 5.82 Å². The molecule has 1 unspecified atom stereocenters. The monoisotopic (exact) mass is 216 g/mol. The number of halogens is 2. The van der Waals surface area contributed by atoms with E-state index in [0.717, 1.165) is 18.4 Å². The molecule has 2 nitrogen and oxygen atoms in total. The van der Waals surface area contributed by atoms with Crippen molar-refractivity contribution in [1.29, 1.82) is 0 Å². The van der Waals surface area contributed by atoms with E-state index in [1.54, 1.807) is 12.1 Å². The van der Waals surface area contributed by atoms with Crippen LogP contribution in [0.3, 0.4) is 0 Å². The van der Waals surface area contributed by atoms with Crippen molar-refractivity contribution in [3.63, 3.8) is 0 Å². The van der Waals surface area contributed by atoms with E-state index in [9.17, 15) is 4.39 Å². The lowest BCUT2D eigenvalue weighted by atomic mass is 10.0. The molecule has 1 atom stereocenters. The normalized spacial score (nSPS) is 12.9. The van der Waals surface area contributed by atoms with Gasteiger partial charge in [0.05, 0.1) is 5.02 Å². The van der Waals surface area contributed by atoms with Gasteiger partial charge in [0.2, 0.25) is 0 Å². The summed E-state index contributed by atoms with van der Waals surface area (Å²) in [6.45, 7) is 2.04. The summed E-state index contributed by atoms with van der Waals surface area (Å²) >= 11 is 5.83. The minimum absolute atomic E-state index is 0.0804. The summed E-state index contributed by atoms with van der Waals surface area (Å²) in [4.78, 5) is 0. The van der Waals surface area contributed by atoms with Crippen LogP contribution in [0, 0.1) is 5.82 Å². The van der Waals surface area contributed by atoms with Crippen molar-refractivity contribution >= 4 is 11.6 Å². The lowest BCUT2D eigenvalue weighted by Gasteiger charge is -2.16. The summed E-state index contributed by atoms with van der Waals surface area (Å²) in [5.41, 5.74) is 3.35. The molecule has 0 aliphatic heterocycles.